The summed E-state index contributed by atoms with van der Waals surface area (Å²) in [6.45, 7) is 2.88. The highest BCUT2D eigenvalue weighted by molar-refractivity contribution is 6.30. The van der Waals surface area contributed by atoms with Gasteiger partial charge in [0.15, 0.2) is 6.23 Å². The lowest BCUT2D eigenvalue weighted by molar-refractivity contribution is 0.0168. The van der Waals surface area contributed by atoms with Crippen molar-refractivity contribution in [2.75, 3.05) is 7.05 Å². The predicted molar refractivity (Wildman–Crippen MR) is 77.5 cm³/mol. The third-order valence-electron chi connectivity index (χ3n) is 3.45. The molecule has 2 aromatic carbocycles. The summed E-state index contributed by atoms with van der Waals surface area (Å²) in [5.41, 5.74) is 3.42. The summed E-state index contributed by atoms with van der Waals surface area (Å²) in [5, 5.41) is 0.770. The lowest BCUT2D eigenvalue weighted by atomic mass is 10.1. The molecule has 0 radical (unpaired) electrons. The number of hydrogen-bond acceptors (Lipinski definition) is 2. The van der Waals surface area contributed by atoms with Crippen LogP contribution in [-0.4, -0.2) is 11.9 Å². The zero-order valence-corrected chi connectivity index (χ0v) is 11.8. The minimum Gasteiger partial charge on any atom is -0.470 e. The summed E-state index contributed by atoms with van der Waals surface area (Å²) in [5.74, 6) is 0.969. The van der Waals surface area contributed by atoms with Gasteiger partial charge in [0, 0.05) is 22.7 Å². The molecule has 0 N–H and O–H groups in total. The van der Waals surface area contributed by atoms with E-state index in [0.717, 1.165) is 28.4 Å². The number of aryl methyl sites for hydroxylation is 1. The molecule has 0 saturated heterocycles. The van der Waals surface area contributed by atoms with Crippen molar-refractivity contribution in [1.29, 1.82) is 0 Å². The number of fused-ring (bicyclic) bond motifs is 1. The predicted octanol–water partition coefficient (Wildman–Crippen LogP) is 4.17. The fourth-order valence-electron chi connectivity index (χ4n) is 2.58. The third kappa shape index (κ3) is 2.34. The van der Waals surface area contributed by atoms with E-state index in [9.17, 15) is 0 Å². The smallest absolute Gasteiger partial charge is 0.179 e. The van der Waals surface area contributed by atoms with Crippen LogP contribution in [0.15, 0.2) is 42.5 Å². The molecule has 3 rings (SSSR count). The van der Waals surface area contributed by atoms with Crippen LogP contribution in [0.5, 0.6) is 5.75 Å². The second-order valence-corrected chi connectivity index (χ2v) is 5.44. The first-order chi connectivity index (χ1) is 9.15. The van der Waals surface area contributed by atoms with E-state index in [2.05, 4.69) is 24.1 Å². The Labute approximate surface area is 118 Å². The molecule has 1 atom stereocenters. The second kappa shape index (κ2) is 4.87. The fourth-order valence-corrected chi connectivity index (χ4v) is 2.87. The highest BCUT2D eigenvalue weighted by Gasteiger charge is 2.27. The number of ether oxygens (including phenoxy) is 1. The molecule has 1 aliphatic rings. The highest BCUT2D eigenvalue weighted by atomic mass is 35.5. The largest absolute Gasteiger partial charge is 0.470 e. The van der Waals surface area contributed by atoms with E-state index in [1.807, 2.05) is 37.3 Å². The van der Waals surface area contributed by atoms with Crippen molar-refractivity contribution in [3.05, 3.63) is 64.2 Å². The van der Waals surface area contributed by atoms with Crippen LogP contribution in [0.2, 0.25) is 5.02 Å². The van der Waals surface area contributed by atoms with Crippen LogP contribution in [0.1, 0.15) is 22.9 Å². The molecule has 0 aliphatic carbocycles. The Hall–Kier alpha value is -1.51. The van der Waals surface area contributed by atoms with Crippen LogP contribution in [0.4, 0.5) is 0 Å². The molecule has 98 valence electrons. The molecule has 0 spiro atoms. The van der Waals surface area contributed by atoms with E-state index in [-0.39, 0.29) is 6.23 Å². The first-order valence-corrected chi connectivity index (χ1v) is 6.74. The molecule has 0 aromatic heterocycles. The molecule has 0 saturated carbocycles. The quantitative estimate of drug-likeness (QED) is 0.773. The summed E-state index contributed by atoms with van der Waals surface area (Å²) < 4.78 is 6.18. The minimum absolute atomic E-state index is 0.0337. The number of nitrogens with zero attached hydrogens (tertiary/aromatic N) is 1. The Bertz CT molecular complexity index is 597. The Kier molecular flexibility index (Phi) is 3.21. The lowest BCUT2D eigenvalue weighted by Gasteiger charge is -2.35. The van der Waals surface area contributed by atoms with Crippen LogP contribution in [0, 0.1) is 6.92 Å². The van der Waals surface area contributed by atoms with E-state index >= 15 is 0 Å². The average Bonchev–Trinajstić information content (AvgIpc) is 2.38. The van der Waals surface area contributed by atoms with Crippen molar-refractivity contribution >= 4 is 11.6 Å². The lowest BCUT2D eigenvalue weighted by Crippen LogP contribution is -2.33. The maximum atomic E-state index is 6.18. The fraction of sp³-hybridized carbons (Fsp3) is 0.250. The highest BCUT2D eigenvalue weighted by Crippen LogP contribution is 2.38. The molecule has 2 aromatic rings. The van der Waals surface area contributed by atoms with Crippen LogP contribution in [-0.2, 0) is 6.54 Å². The number of benzene rings is 2. The zero-order valence-electron chi connectivity index (χ0n) is 11.1. The maximum Gasteiger partial charge on any atom is 0.179 e. The van der Waals surface area contributed by atoms with Gasteiger partial charge in [-0.1, -0.05) is 41.9 Å². The van der Waals surface area contributed by atoms with Crippen molar-refractivity contribution in [3.8, 4) is 5.75 Å². The Morgan fingerprint density at radius 3 is 2.68 bits per heavy atom. The Morgan fingerprint density at radius 1 is 1.21 bits per heavy atom. The topological polar surface area (TPSA) is 12.5 Å². The molecule has 2 nitrogen and oxygen atoms in total. The monoisotopic (exact) mass is 273 g/mol. The van der Waals surface area contributed by atoms with Gasteiger partial charge in [-0.25, -0.2) is 0 Å². The van der Waals surface area contributed by atoms with E-state index in [0.29, 0.717) is 0 Å². The molecule has 0 fully saturated rings. The number of halogens is 1. The van der Waals surface area contributed by atoms with Crippen molar-refractivity contribution in [3.63, 3.8) is 0 Å². The summed E-state index contributed by atoms with van der Waals surface area (Å²) >= 11 is 6.11. The standard InChI is InChI=1S/C16H16ClNO/c1-11-8-14(17)9-13-10-18(2)16(19-15(11)13)12-6-4-3-5-7-12/h3-9,16H,10H2,1-2H3. The van der Waals surface area contributed by atoms with Gasteiger partial charge in [-0.3, -0.25) is 4.90 Å². The molecule has 0 bridgehead atoms. The number of rotatable bonds is 1. The van der Waals surface area contributed by atoms with E-state index in [4.69, 9.17) is 16.3 Å². The molecule has 0 amide bonds. The molecule has 1 heterocycles. The molecule has 19 heavy (non-hydrogen) atoms. The number of hydrogen-bond donors (Lipinski definition) is 0. The van der Waals surface area contributed by atoms with Crippen LogP contribution in [0.25, 0.3) is 0 Å². The van der Waals surface area contributed by atoms with Crippen molar-refractivity contribution in [1.82, 2.24) is 4.90 Å². The second-order valence-electron chi connectivity index (χ2n) is 5.01. The van der Waals surface area contributed by atoms with Gasteiger partial charge in [0.25, 0.3) is 0 Å². The van der Waals surface area contributed by atoms with Crippen molar-refractivity contribution in [2.24, 2.45) is 0 Å². The Balaban J connectivity index is 2.00. The summed E-state index contributed by atoms with van der Waals surface area (Å²) in [6, 6.07) is 14.2. The van der Waals surface area contributed by atoms with Gasteiger partial charge in [0.05, 0.1) is 0 Å². The summed E-state index contributed by atoms with van der Waals surface area (Å²) in [7, 11) is 2.07. The van der Waals surface area contributed by atoms with E-state index in [1.54, 1.807) is 0 Å². The van der Waals surface area contributed by atoms with E-state index in [1.165, 1.54) is 5.56 Å². The minimum atomic E-state index is -0.0337. The van der Waals surface area contributed by atoms with Crippen LogP contribution in [0.3, 0.4) is 0 Å². The SMILES string of the molecule is Cc1cc(Cl)cc2c1OC(c1ccccc1)N(C)C2. The van der Waals surface area contributed by atoms with Gasteiger partial charge in [-0.15, -0.1) is 0 Å². The summed E-state index contributed by atoms with van der Waals surface area (Å²) in [6.07, 6.45) is -0.0337. The van der Waals surface area contributed by atoms with Gasteiger partial charge in [0.2, 0.25) is 0 Å². The molecule has 1 unspecified atom stereocenters. The maximum absolute atomic E-state index is 6.18. The zero-order chi connectivity index (χ0) is 13.4. The van der Waals surface area contributed by atoms with Crippen molar-refractivity contribution < 1.29 is 4.74 Å². The molecular weight excluding hydrogens is 258 g/mol. The van der Waals surface area contributed by atoms with Crippen molar-refractivity contribution in [2.45, 2.75) is 19.7 Å². The summed E-state index contributed by atoms with van der Waals surface area (Å²) in [4.78, 5) is 2.19. The van der Waals surface area contributed by atoms with Gasteiger partial charge in [0.1, 0.15) is 5.75 Å². The molecular formula is C16H16ClNO. The van der Waals surface area contributed by atoms with E-state index < -0.39 is 0 Å². The van der Waals surface area contributed by atoms with Gasteiger partial charge < -0.3 is 4.74 Å². The molecule has 3 heteroatoms. The van der Waals surface area contributed by atoms with Gasteiger partial charge in [-0.2, -0.15) is 0 Å². The first-order valence-electron chi connectivity index (χ1n) is 6.36. The molecule has 1 aliphatic heterocycles. The van der Waals surface area contributed by atoms with Gasteiger partial charge >= 0.3 is 0 Å². The first kappa shape index (κ1) is 12.5. The third-order valence-corrected chi connectivity index (χ3v) is 3.67. The van der Waals surface area contributed by atoms with Crippen LogP contribution >= 0.6 is 11.6 Å². The van der Waals surface area contributed by atoms with Crippen LogP contribution < -0.4 is 4.74 Å². The normalized spacial score (nSPS) is 18.8. The van der Waals surface area contributed by atoms with Gasteiger partial charge in [-0.05, 0) is 31.7 Å². The average molecular weight is 274 g/mol. The Morgan fingerprint density at radius 2 is 1.95 bits per heavy atom.